The molecule has 0 unspecified atom stereocenters. The van der Waals surface area contributed by atoms with E-state index in [0.717, 1.165) is 10.2 Å². The van der Waals surface area contributed by atoms with Crippen LogP contribution >= 0.6 is 15.9 Å². The molecule has 0 aliphatic heterocycles. The third-order valence-corrected chi connectivity index (χ3v) is 2.93. The smallest absolute Gasteiger partial charge is 0.250 e. The molecule has 0 atom stereocenters. The molecule has 5 N–H and O–H groups in total. The minimum absolute atomic E-state index is 0.432. The highest BCUT2D eigenvalue weighted by Gasteiger charge is 2.08. The predicted octanol–water partition coefficient (Wildman–Crippen LogP) is 2.87. The molecule has 5 heteroatoms. The number of nitrogen functional groups attached to an aromatic ring is 1. The van der Waals surface area contributed by atoms with Gasteiger partial charge in [0.05, 0.1) is 11.3 Å². The summed E-state index contributed by atoms with van der Waals surface area (Å²) in [5.41, 5.74) is 13.6. The first-order valence-corrected chi connectivity index (χ1v) is 6.07. The fourth-order valence-corrected chi connectivity index (χ4v) is 1.91. The Hall–Kier alpha value is -2.01. The monoisotopic (exact) mass is 305 g/mol. The zero-order chi connectivity index (χ0) is 13.1. The van der Waals surface area contributed by atoms with Gasteiger partial charge in [-0.2, -0.15) is 0 Å². The van der Waals surface area contributed by atoms with E-state index in [4.69, 9.17) is 11.5 Å². The van der Waals surface area contributed by atoms with Crippen molar-refractivity contribution >= 4 is 38.9 Å². The fraction of sp³-hybridized carbons (Fsp3) is 0. The van der Waals surface area contributed by atoms with Crippen molar-refractivity contribution in [1.29, 1.82) is 0 Å². The quantitative estimate of drug-likeness (QED) is 0.763. The van der Waals surface area contributed by atoms with E-state index in [9.17, 15) is 4.79 Å². The van der Waals surface area contributed by atoms with Crippen molar-refractivity contribution in [2.45, 2.75) is 0 Å². The lowest BCUT2D eigenvalue weighted by Crippen LogP contribution is -2.13. The van der Waals surface area contributed by atoms with Crippen LogP contribution in [0, 0.1) is 0 Å². The Morgan fingerprint density at radius 1 is 1.11 bits per heavy atom. The fourth-order valence-electron chi connectivity index (χ4n) is 1.55. The molecule has 18 heavy (non-hydrogen) atoms. The van der Waals surface area contributed by atoms with E-state index in [2.05, 4.69) is 21.2 Å². The van der Waals surface area contributed by atoms with E-state index in [1.807, 2.05) is 18.2 Å². The van der Waals surface area contributed by atoms with Gasteiger partial charge in [-0.1, -0.05) is 15.9 Å². The highest BCUT2D eigenvalue weighted by Crippen LogP contribution is 2.24. The summed E-state index contributed by atoms with van der Waals surface area (Å²) in [4.78, 5) is 11.4. The molecule has 0 spiro atoms. The summed E-state index contributed by atoms with van der Waals surface area (Å²) < 4.78 is 0.805. The van der Waals surface area contributed by atoms with Crippen LogP contribution < -0.4 is 16.8 Å². The molecule has 2 aromatic rings. The average molecular weight is 306 g/mol. The lowest BCUT2D eigenvalue weighted by molar-refractivity contribution is 0.100. The molecule has 0 radical (unpaired) electrons. The number of anilines is 3. The molecule has 2 aromatic carbocycles. The van der Waals surface area contributed by atoms with E-state index in [1.54, 1.807) is 24.3 Å². The minimum Gasteiger partial charge on any atom is -0.399 e. The Morgan fingerprint density at radius 3 is 2.39 bits per heavy atom. The maximum Gasteiger partial charge on any atom is 0.250 e. The number of halogens is 1. The molecule has 0 saturated heterocycles. The van der Waals surface area contributed by atoms with Crippen LogP contribution in [0.1, 0.15) is 10.4 Å². The third-order valence-electron chi connectivity index (χ3n) is 2.44. The number of carbonyl (C=O) groups is 1. The number of rotatable bonds is 3. The van der Waals surface area contributed by atoms with Gasteiger partial charge in [0.2, 0.25) is 0 Å². The second-order valence-corrected chi connectivity index (χ2v) is 4.72. The lowest BCUT2D eigenvalue weighted by Gasteiger charge is -2.10. The summed E-state index contributed by atoms with van der Waals surface area (Å²) in [6, 6.07) is 12.6. The summed E-state index contributed by atoms with van der Waals surface area (Å²) in [6.45, 7) is 0. The molecule has 0 aromatic heterocycles. The number of primary amides is 1. The molecule has 0 aliphatic rings. The van der Waals surface area contributed by atoms with E-state index in [1.165, 1.54) is 0 Å². The molecular formula is C13H12BrN3O. The van der Waals surface area contributed by atoms with Gasteiger partial charge in [0.1, 0.15) is 0 Å². The first-order chi connectivity index (χ1) is 8.56. The van der Waals surface area contributed by atoms with Gasteiger partial charge >= 0.3 is 0 Å². The topological polar surface area (TPSA) is 81.1 Å². The highest BCUT2D eigenvalue weighted by molar-refractivity contribution is 9.10. The number of hydrogen-bond donors (Lipinski definition) is 3. The van der Waals surface area contributed by atoms with Crippen molar-refractivity contribution in [3.05, 3.63) is 52.5 Å². The van der Waals surface area contributed by atoms with Gasteiger partial charge in [0.25, 0.3) is 5.91 Å². The Balaban J connectivity index is 2.34. The molecule has 4 nitrogen and oxygen atoms in total. The summed E-state index contributed by atoms with van der Waals surface area (Å²) in [5, 5.41) is 3.13. The number of benzene rings is 2. The molecule has 0 heterocycles. The van der Waals surface area contributed by atoms with Crippen LogP contribution in [-0.2, 0) is 0 Å². The van der Waals surface area contributed by atoms with Crippen molar-refractivity contribution in [2.24, 2.45) is 5.73 Å². The van der Waals surface area contributed by atoms with Crippen molar-refractivity contribution in [3.8, 4) is 0 Å². The van der Waals surface area contributed by atoms with E-state index >= 15 is 0 Å². The highest BCUT2D eigenvalue weighted by atomic mass is 79.9. The van der Waals surface area contributed by atoms with Gasteiger partial charge in [0, 0.05) is 15.8 Å². The predicted molar refractivity (Wildman–Crippen MR) is 76.8 cm³/mol. The minimum atomic E-state index is -0.478. The molecule has 92 valence electrons. The van der Waals surface area contributed by atoms with Gasteiger partial charge in [-0.05, 0) is 42.5 Å². The molecule has 0 bridgehead atoms. The molecule has 2 rings (SSSR count). The number of carbonyl (C=O) groups excluding carboxylic acids is 1. The van der Waals surface area contributed by atoms with Crippen LogP contribution in [-0.4, -0.2) is 5.91 Å². The van der Waals surface area contributed by atoms with Gasteiger partial charge in [-0.3, -0.25) is 4.79 Å². The Labute approximate surface area is 113 Å². The van der Waals surface area contributed by atoms with Crippen LogP contribution in [0.4, 0.5) is 17.1 Å². The maximum absolute atomic E-state index is 11.4. The number of nitrogens with one attached hydrogen (secondary N) is 1. The van der Waals surface area contributed by atoms with Crippen LogP contribution in [0.25, 0.3) is 0 Å². The molecule has 0 saturated carbocycles. The van der Waals surface area contributed by atoms with E-state index in [0.29, 0.717) is 16.9 Å². The van der Waals surface area contributed by atoms with Gasteiger partial charge < -0.3 is 16.8 Å². The second-order valence-electron chi connectivity index (χ2n) is 3.80. The molecule has 0 aliphatic carbocycles. The van der Waals surface area contributed by atoms with Crippen LogP contribution in [0.15, 0.2) is 46.9 Å². The summed E-state index contributed by atoms with van der Waals surface area (Å²) in [7, 11) is 0. The summed E-state index contributed by atoms with van der Waals surface area (Å²) in [6.07, 6.45) is 0. The number of hydrogen-bond acceptors (Lipinski definition) is 3. The Bertz CT molecular complexity index is 581. The largest absolute Gasteiger partial charge is 0.399 e. The van der Waals surface area contributed by atoms with Crippen molar-refractivity contribution in [3.63, 3.8) is 0 Å². The maximum atomic E-state index is 11.4. The first-order valence-electron chi connectivity index (χ1n) is 5.28. The Morgan fingerprint density at radius 2 is 1.78 bits per heavy atom. The summed E-state index contributed by atoms with van der Waals surface area (Å²) >= 11 is 3.31. The Kier molecular flexibility index (Phi) is 3.53. The van der Waals surface area contributed by atoms with E-state index in [-0.39, 0.29) is 0 Å². The second kappa shape index (κ2) is 5.10. The SMILES string of the molecule is NC(=O)c1cc(Br)ccc1Nc1ccc(N)cc1. The van der Waals surface area contributed by atoms with Gasteiger partial charge in [0.15, 0.2) is 0 Å². The molecule has 1 amide bonds. The zero-order valence-corrected chi connectivity index (χ0v) is 11.1. The van der Waals surface area contributed by atoms with Crippen molar-refractivity contribution < 1.29 is 4.79 Å². The summed E-state index contributed by atoms with van der Waals surface area (Å²) in [5.74, 6) is -0.478. The molecular weight excluding hydrogens is 294 g/mol. The lowest BCUT2D eigenvalue weighted by atomic mass is 10.1. The van der Waals surface area contributed by atoms with Gasteiger partial charge in [-0.15, -0.1) is 0 Å². The van der Waals surface area contributed by atoms with Crippen LogP contribution in [0.2, 0.25) is 0 Å². The molecule has 0 fully saturated rings. The van der Waals surface area contributed by atoms with Crippen LogP contribution in [0.5, 0.6) is 0 Å². The van der Waals surface area contributed by atoms with Crippen molar-refractivity contribution in [1.82, 2.24) is 0 Å². The standard InChI is InChI=1S/C13H12BrN3O/c14-8-1-6-12(11(7-8)13(16)18)17-10-4-2-9(15)3-5-10/h1-7,17H,15H2,(H2,16,18). The number of nitrogens with two attached hydrogens (primary N) is 2. The first kappa shape index (κ1) is 12.4. The normalized spacial score (nSPS) is 10.1. The van der Waals surface area contributed by atoms with E-state index < -0.39 is 5.91 Å². The van der Waals surface area contributed by atoms with Crippen molar-refractivity contribution in [2.75, 3.05) is 11.1 Å². The van der Waals surface area contributed by atoms with Gasteiger partial charge in [-0.25, -0.2) is 0 Å². The average Bonchev–Trinajstić information content (AvgIpc) is 2.34. The van der Waals surface area contributed by atoms with Crippen LogP contribution in [0.3, 0.4) is 0 Å². The third kappa shape index (κ3) is 2.81. The number of amides is 1. The zero-order valence-electron chi connectivity index (χ0n) is 9.48.